The highest BCUT2D eigenvalue weighted by molar-refractivity contribution is 6.04. The van der Waals surface area contributed by atoms with Gasteiger partial charge in [0.1, 0.15) is 6.17 Å². The lowest BCUT2D eigenvalue weighted by atomic mass is 10.0. The van der Waals surface area contributed by atoms with Crippen LogP contribution in [-0.4, -0.2) is 43.8 Å². The van der Waals surface area contributed by atoms with Crippen molar-refractivity contribution in [1.29, 1.82) is 0 Å². The second-order valence-corrected chi connectivity index (χ2v) is 9.11. The summed E-state index contributed by atoms with van der Waals surface area (Å²) in [5, 5.41) is 14.2. The summed E-state index contributed by atoms with van der Waals surface area (Å²) in [6.07, 6.45) is 3.65. The lowest BCUT2D eigenvalue weighted by Gasteiger charge is -2.31. The molecule has 1 amide bonds. The van der Waals surface area contributed by atoms with Gasteiger partial charge in [-0.3, -0.25) is 4.79 Å². The van der Waals surface area contributed by atoms with E-state index in [1.165, 1.54) is 12.0 Å². The smallest absolute Gasteiger partial charge is 0.255 e. The molecule has 0 aromatic heterocycles. The molecule has 2 fully saturated rings. The molecule has 0 bridgehead atoms. The van der Waals surface area contributed by atoms with Crippen molar-refractivity contribution in [2.24, 2.45) is 5.92 Å². The average Bonchev–Trinajstić information content (AvgIpc) is 3.45. The fraction of sp³-hybridized carbons (Fsp3) is 0.400. The molecule has 0 radical (unpaired) electrons. The summed E-state index contributed by atoms with van der Waals surface area (Å²) < 4.78 is 0. The molecule has 0 spiro atoms. The van der Waals surface area contributed by atoms with E-state index in [4.69, 9.17) is 0 Å². The number of benzene rings is 2. The van der Waals surface area contributed by atoms with E-state index in [1.54, 1.807) is 0 Å². The van der Waals surface area contributed by atoms with Crippen LogP contribution in [0, 0.1) is 5.92 Å². The minimum Gasteiger partial charge on any atom is -0.362 e. The second-order valence-electron chi connectivity index (χ2n) is 9.11. The normalized spacial score (nSPS) is 26.2. The van der Waals surface area contributed by atoms with E-state index >= 15 is 0 Å². The maximum absolute atomic E-state index is 12.6. The number of fused-ring (bicyclic) bond motifs is 2. The summed E-state index contributed by atoms with van der Waals surface area (Å²) in [7, 11) is 0. The maximum atomic E-state index is 12.6. The molecule has 3 heterocycles. The number of nitrogens with zero attached hydrogens (tertiary/aromatic N) is 1. The van der Waals surface area contributed by atoms with Crippen LogP contribution in [0.3, 0.4) is 0 Å². The highest BCUT2D eigenvalue weighted by atomic mass is 16.1. The zero-order chi connectivity index (χ0) is 21.4. The molecule has 3 aliphatic rings. The Labute approximate surface area is 184 Å². The Morgan fingerprint density at radius 3 is 2.74 bits per heavy atom. The Kier molecular flexibility index (Phi) is 5.42. The lowest BCUT2D eigenvalue weighted by Crippen LogP contribution is -2.51. The largest absolute Gasteiger partial charge is 0.362 e. The first-order chi connectivity index (χ1) is 15.1. The standard InChI is InChI=1S/C25H31N5O/c1-16(2)10-11-30-23-13-19(27-25(31)17-6-4-3-5-7-17)8-9-20(23)29-24(30)21-12-18-14-26-15-22(18)28-21/h3-10,13,18,21-22,24,26,28-29H,11-12,14-15H2,1-2H3,(H,27,31). The summed E-state index contributed by atoms with van der Waals surface area (Å²) >= 11 is 0. The quantitative estimate of drug-likeness (QED) is 0.562. The number of carbonyl (C=O) groups excluding carboxylic acids is 1. The van der Waals surface area contributed by atoms with E-state index < -0.39 is 0 Å². The highest BCUT2D eigenvalue weighted by Crippen LogP contribution is 2.40. The number of anilines is 3. The fourth-order valence-corrected chi connectivity index (χ4v) is 5.02. The van der Waals surface area contributed by atoms with Gasteiger partial charge in [-0.1, -0.05) is 29.8 Å². The molecule has 6 heteroatoms. The van der Waals surface area contributed by atoms with Crippen LogP contribution >= 0.6 is 0 Å². The van der Waals surface area contributed by atoms with E-state index in [0.29, 0.717) is 23.6 Å². The van der Waals surface area contributed by atoms with Crippen molar-refractivity contribution in [2.45, 2.75) is 38.5 Å². The Morgan fingerprint density at radius 2 is 1.97 bits per heavy atom. The number of hydrogen-bond acceptors (Lipinski definition) is 5. The van der Waals surface area contributed by atoms with Gasteiger partial charge in [-0.2, -0.15) is 0 Å². The molecular formula is C25H31N5O. The number of carbonyl (C=O) groups is 1. The van der Waals surface area contributed by atoms with Gasteiger partial charge in [0.15, 0.2) is 0 Å². The molecular weight excluding hydrogens is 386 g/mol. The molecule has 2 aromatic rings. The van der Waals surface area contributed by atoms with E-state index in [1.807, 2.05) is 36.4 Å². The van der Waals surface area contributed by atoms with Gasteiger partial charge >= 0.3 is 0 Å². The summed E-state index contributed by atoms with van der Waals surface area (Å²) in [5.74, 6) is 0.623. The van der Waals surface area contributed by atoms with Crippen LogP contribution in [0.5, 0.6) is 0 Å². The molecule has 5 rings (SSSR count). The Hall–Kier alpha value is -2.83. The maximum Gasteiger partial charge on any atom is 0.255 e. The van der Waals surface area contributed by atoms with Crippen LogP contribution in [0.2, 0.25) is 0 Å². The van der Waals surface area contributed by atoms with Gasteiger partial charge < -0.3 is 26.2 Å². The summed E-state index contributed by atoms with van der Waals surface area (Å²) in [4.78, 5) is 15.1. The first-order valence-corrected chi connectivity index (χ1v) is 11.2. The second kappa shape index (κ2) is 8.36. The van der Waals surface area contributed by atoms with Crippen molar-refractivity contribution >= 4 is 23.0 Å². The fourth-order valence-electron chi connectivity index (χ4n) is 5.02. The van der Waals surface area contributed by atoms with E-state index in [0.717, 1.165) is 36.7 Å². The van der Waals surface area contributed by atoms with Gasteiger partial charge in [0.2, 0.25) is 0 Å². The third-order valence-corrected chi connectivity index (χ3v) is 6.64. The summed E-state index contributed by atoms with van der Waals surface area (Å²) in [6, 6.07) is 16.5. The zero-order valence-electron chi connectivity index (χ0n) is 18.2. The summed E-state index contributed by atoms with van der Waals surface area (Å²) in [5.41, 5.74) is 5.06. The number of allylic oxidation sites excluding steroid dienone is 1. The summed E-state index contributed by atoms with van der Waals surface area (Å²) in [6.45, 7) is 7.29. The van der Waals surface area contributed by atoms with Crippen LogP contribution in [0.4, 0.5) is 17.1 Å². The molecule has 4 unspecified atom stereocenters. The predicted molar refractivity (Wildman–Crippen MR) is 127 cm³/mol. The Balaban J connectivity index is 1.38. The van der Waals surface area contributed by atoms with Gasteiger partial charge in [0, 0.05) is 36.4 Å². The van der Waals surface area contributed by atoms with Crippen molar-refractivity contribution in [1.82, 2.24) is 10.6 Å². The number of nitrogens with one attached hydrogen (secondary N) is 4. The molecule has 162 valence electrons. The highest BCUT2D eigenvalue weighted by Gasteiger charge is 2.44. The van der Waals surface area contributed by atoms with Crippen LogP contribution in [0.1, 0.15) is 30.6 Å². The monoisotopic (exact) mass is 417 g/mol. The molecule has 2 saturated heterocycles. The van der Waals surface area contributed by atoms with Crippen LogP contribution < -0.4 is 26.2 Å². The number of rotatable bonds is 5. The van der Waals surface area contributed by atoms with Crippen LogP contribution in [0.25, 0.3) is 0 Å². The molecule has 0 saturated carbocycles. The van der Waals surface area contributed by atoms with Crippen molar-refractivity contribution in [2.75, 3.05) is 35.2 Å². The SMILES string of the molecule is CC(C)=CCN1c2cc(NC(=O)c3ccccc3)ccc2NC1C1CC2CNCC2N1. The molecule has 6 nitrogen and oxygen atoms in total. The van der Waals surface area contributed by atoms with Crippen LogP contribution in [-0.2, 0) is 0 Å². The molecule has 2 aromatic carbocycles. The minimum absolute atomic E-state index is 0.0864. The third-order valence-electron chi connectivity index (χ3n) is 6.64. The van der Waals surface area contributed by atoms with Crippen molar-refractivity contribution < 1.29 is 4.79 Å². The molecule has 0 aliphatic carbocycles. The van der Waals surface area contributed by atoms with Crippen molar-refractivity contribution in [3.05, 3.63) is 65.7 Å². The van der Waals surface area contributed by atoms with Crippen LogP contribution in [0.15, 0.2) is 60.2 Å². The van der Waals surface area contributed by atoms with Gasteiger partial charge in [0.05, 0.1) is 11.4 Å². The lowest BCUT2D eigenvalue weighted by molar-refractivity contribution is 0.102. The minimum atomic E-state index is -0.0864. The first-order valence-electron chi connectivity index (χ1n) is 11.2. The zero-order valence-corrected chi connectivity index (χ0v) is 18.2. The Morgan fingerprint density at radius 1 is 1.13 bits per heavy atom. The van der Waals surface area contributed by atoms with Gasteiger partial charge in [0.25, 0.3) is 5.91 Å². The average molecular weight is 418 g/mol. The van der Waals surface area contributed by atoms with Crippen molar-refractivity contribution in [3.63, 3.8) is 0 Å². The van der Waals surface area contributed by atoms with Crippen molar-refractivity contribution in [3.8, 4) is 0 Å². The first kappa shape index (κ1) is 20.1. The molecule has 3 aliphatic heterocycles. The third kappa shape index (κ3) is 4.05. The van der Waals surface area contributed by atoms with E-state index in [2.05, 4.69) is 58.2 Å². The number of amides is 1. The van der Waals surface area contributed by atoms with E-state index in [-0.39, 0.29) is 12.1 Å². The Bertz CT molecular complexity index is 973. The molecule has 4 atom stereocenters. The van der Waals surface area contributed by atoms with Gasteiger partial charge in [-0.05, 0) is 63.1 Å². The molecule has 4 N–H and O–H groups in total. The van der Waals surface area contributed by atoms with Gasteiger partial charge in [-0.25, -0.2) is 0 Å². The topological polar surface area (TPSA) is 68.4 Å². The predicted octanol–water partition coefficient (Wildman–Crippen LogP) is 3.41. The molecule has 31 heavy (non-hydrogen) atoms. The van der Waals surface area contributed by atoms with E-state index in [9.17, 15) is 4.79 Å². The number of hydrogen-bond donors (Lipinski definition) is 4. The van der Waals surface area contributed by atoms with Gasteiger partial charge in [-0.15, -0.1) is 0 Å².